The highest BCUT2D eigenvalue weighted by molar-refractivity contribution is 7.16. The van der Waals surface area contributed by atoms with Crippen molar-refractivity contribution in [3.05, 3.63) is 23.0 Å². The molecular formula is C11H10F3N3OS. The minimum atomic E-state index is -4.50. The number of imidazole rings is 1. The Balaban J connectivity index is 2.54. The number of aromatic nitrogens is 3. The highest BCUT2D eigenvalue weighted by Gasteiger charge is 2.35. The summed E-state index contributed by atoms with van der Waals surface area (Å²) in [5.41, 5.74) is -0.959. The third-order valence-electron chi connectivity index (χ3n) is 2.41. The highest BCUT2D eigenvalue weighted by atomic mass is 32.1. The maximum Gasteiger partial charge on any atom is 0.434 e. The van der Waals surface area contributed by atoms with Crippen molar-refractivity contribution < 1.29 is 18.0 Å². The van der Waals surface area contributed by atoms with Crippen molar-refractivity contribution in [2.75, 3.05) is 0 Å². The zero-order chi connectivity index (χ0) is 14.2. The normalized spacial score (nSPS) is 12.1. The molecule has 0 bridgehead atoms. The Bertz CT molecular complexity index is 601. The summed E-state index contributed by atoms with van der Waals surface area (Å²) in [5, 5.41) is 0.298. The number of alkyl halides is 3. The lowest BCUT2D eigenvalue weighted by molar-refractivity contribution is -0.140. The van der Waals surface area contributed by atoms with Gasteiger partial charge in [-0.2, -0.15) is 13.2 Å². The SMILES string of the molecule is CC(C)n1cc(C(F)(F)F)nc1-c1ncc(C=O)s1. The molecule has 0 saturated carbocycles. The Kier molecular flexibility index (Phi) is 3.44. The highest BCUT2D eigenvalue weighted by Crippen LogP contribution is 2.33. The van der Waals surface area contributed by atoms with Gasteiger partial charge in [-0.25, -0.2) is 9.97 Å². The number of hydrogen-bond acceptors (Lipinski definition) is 4. The fraction of sp³-hybridized carbons (Fsp3) is 0.364. The number of rotatable bonds is 3. The van der Waals surface area contributed by atoms with Crippen molar-refractivity contribution in [1.29, 1.82) is 0 Å². The quantitative estimate of drug-likeness (QED) is 0.813. The topological polar surface area (TPSA) is 47.8 Å². The summed E-state index contributed by atoms with van der Waals surface area (Å²) < 4.78 is 39.4. The summed E-state index contributed by atoms with van der Waals surface area (Å²) in [7, 11) is 0. The molecule has 2 rings (SSSR count). The third-order valence-corrected chi connectivity index (χ3v) is 3.33. The number of carbonyl (C=O) groups is 1. The maximum atomic E-state index is 12.7. The number of aldehydes is 1. The van der Waals surface area contributed by atoms with Crippen molar-refractivity contribution in [2.45, 2.75) is 26.1 Å². The van der Waals surface area contributed by atoms with Gasteiger partial charge in [0.15, 0.2) is 22.8 Å². The lowest BCUT2D eigenvalue weighted by Crippen LogP contribution is -2.05. The van der Waals surface area contributed by atoms with Gasteiger partial charge < -0.3 is 4.57 Å². The van der Waals surface area contributed by atoms with E-state index < -0.39 is 11.9 Å². The Hall–Kier alpha value is -1.70. The smallest absolute Gasteiger partial charge is 0.326 e. The molecule has 0 aromatic carbocycles. The summed E-state index contributed by atoms with van der Waals surface area (Å²) in [6.07, 6.45) is -1.62. The van der Waals surface area contributed by atoms with E-state index in [0.29, 0.717) is 16.2 Å². The molecule has 2 aromatic rings. The Labute approximate surface area is 110 Å². The van der Waals surface area contributed by atoms with E-state index in [0.717, 1.165) is 17.5 Å². The Morgan fingerprint density at radius 2 is 2.11 bits per heavy atom. The van der Waals surface area contributed by atoms with E-state index in [4.69, 9.17) is 0 Å². The minimum absolute atomic E-state index is 0.125. The van der Waals surface area contributed by atoms with Gasteiger partial charge in [-0.3, -0.25) is 4.79 Å². The van der Waals surface area contributed by atoms with E-state index >= 15 is 0 Å². The van der Waals surface area contributed by atoms with Crippen molar-refractivity contribution >= 4 is 17.6 Å². The molecule has 8 heteroatoms. The molecular weight excluding hydrogens is 279 g/mol. The summed E-state index contributed by atoms with van der Waals surface area (Å²) in [6, 6.07) is -0.192. The molecule has 0 saturated heterocycles. The van der Waals surface area contributed by atoms with Gasteiger partial charge in [0, 0.05) is 18.4 Å². The van der Waals surface area contributed by atoms with E-state index in [1.54, 1.807) is 13.8 Å². The first-order valence-corrected chi connectivity index (χ1v) is 6.22. The van der Waals surface area contributed by atoms with Crippen molar-refractivity contribution in [1.82, 2.24) is 14.5 Å². The van der Waals surface area contributed by atoms with Gasteiger partial charge >= 0.3 is 6.18 Å². The minimum Gasteiger partial charge on any atom is -0.326 e. The molecule has 0 radical (unpaired) electrons. The number of halogens is 3. The first-order valence-electron chi connectivity index (χ1n) is 5.40. The summed E-state index contributed by atoms with van der Waals surface area (Å²) in [4.78, 5) is 18.5. The van der Waals surface area contributed by atoms with E-state index in [-0.39, 0.29) is 11.9 Å². The average molecular weight is 289 g/mol. The first-order chi connectivity index (χ1) is 8.82. The zero-order valence-electron chi connectivity index (χ0n) is 10.1. The van der Waals surface area contributed by atoms with E-state index in [1.807, 2.05) is 0 Å². The number of carbonyl (C=O) groups excluding carboxylic acids is 1. The fourth-order valence-corrected chi connectivity index (χ4v) is 2.25. The zero-order valence-corrected chi connectivity index (χ0v) is 10.9. The molecule has 0 aliphatic heterocycles. The molecule has 0 aliphatic carbocycles. The van der Waals surface area contributed by atoms with Gasteiger partial charge in [-0.1, -0.05) is 0 Å². The average Bonchev–Trinajstić information content (AvgIpc) is 2.94. The van der Waals surface area contributed by atoms with Crippen LogP contribution in [-0.2, 0) is 6.18 Å². The predicted molar refractivity (Wildman–Crippen MR) is 64.1 cm³/mol. The van der Waals surface area contributed by atoms with Crippen LogP contribution in [-0.4, -0.2) is 20.8 Å². The molecule has 2 aromatic heterocycles. The molecule has 4 nitrogen and oxygen atoms in total. The second-order valence-corrected chi connectivity index (χ2v) is 5.20. The van der Waals surface area contributed by atoms with Gasteiger partial charge in [0.1, 0.15) is 0 Å². The molecule has 0 atom stereocenters. The van der Waals surface area contributed by atoms with Crippen LogP contribution in [0.2, 0.25) is 0 Å². The fourth-order valence-electron chi connectivity index (χ4n) is 1.53. The summed E-state index contributed by atoms with van der Waals surface area (Å²) >= 11 is 1.01. The monoisotopic (exact) mass is 289 g/mol. The molecule has 0 N–H and O–H groups in total. The van der Waals surface area contributed by atoms with Crippen LogP contribution in [0.25, 0.3) is 10.8 Å². The van der Waals surface area contributed by atoms with Crippen LogP contribution in [0.1, 0.15) is 35.3 Å². The summed E-state index contributed by atoms with van der Waals surface area (Å²) in [6.45, 7) is 3.50. The lowest BCUT2D eigenvalue weighted by atomic mass is 10.4. The van der Waals surface area contributed by atoms with Crippen LogP contribution in [0, 0.1) is 0 Å². The van der Waals surface area contributed by atoms with Crippen molar-refractivity contribution in [3.63, 3.8) is 0 Å². The van der Waals surface area contributed by atoms with Gasteiger partial charge in [0.2, 0.25) is 0 Å². The first kappa shape index (κ1) is 13.7. The molecule has 0 fully saturated rings. The van der Waals surface area contributed by atoms with Gasteiger partial charge in [-0.05, 0) is 13.8 Å². The second-order valence-electron chi connectivity index (χ2n) is 4.13. The van der Waals surface area contributed by atoms with Crippen molar-refractivity contribution in [3.8, 4) is 10.8 Å². The molecule has 0 unspecified atom stereocenters. The standard InChI is InChI=1S/C11H10F3N3OS/c1-6(2)17-4-8(11(12,13)14)16-9(17)10-15-3-7(5-18)19-10/h3-6H,1-2H3. The maximum absolute atomic E-state index is 12.7. The molecule has 0 spiro atoms. The molecule has 0 aliphatic rings. The molecule has 102 valence electrons. The van der Waals surface area contributed by atoms with Crippen LogP contribution in [0.5, 0.6) is 0 Å². The van der Waals surface area contributed by atoms with E-state index in [9.17, 15) is 18.0 Å². The number of thiazole rings is 1. The number of nitrogens with zero attached hydrogens (tertiary/aromatic N) is 3. The Morgan fingerprint density at radius 3 is 2.58 bits per heavy atom. The van der Waals surface area contributed by atoms with Crippen LogP contribution in [0.4, 0.5) is 13.2 Å². The van der Waals surface area contributed by atoms with Crippen LogP contribution >= 0.6 is 11.3 Å². The Morgan fingerprint density at radius 1 is 1.42 bits per heavy atom. The van der Waals surface area contributed by atoms with Gasteiger partial charge in [0.05, 0.1) is 4.88 Å². The van der Waals surface area contributed by atoms with Gasteiger partial charge in [-0.15, -0.1) is 11.3 Å². The third kappa shape index (κ3) is 2.67. The predicted octanol–water partition coefficient (Wildman–Crippen LogP) is 3.42. The van der Waals surface area contributed by atoms with Gasteiger partial charge in [0.25, 0.3) is 0 Å². The van der Waals surface area contributed by atoms with Crippen LogP contribution < -0.4 is 0 Å². The molecule has 2 heterocycles. The molecule has 19 heavy (non-hydrogen) atoms. The van der Waals surface area contributed by atoms with E-state index in [1.165, 1.54) is 10.8 Å². The molecule has 0 amide bonds. The van der Waals surface area contributed by atoms with E-state index in [2.05, 4.69) is 9.97 Å². The number of hydrogen-bond donors (Lipinski definition) is 0. The van der Waals surface area contributed by atoms with Crippen LogP contribution in [0.3, 0.4) is 0 Å². The summed E-state index contributed by atoms with van der Waals surface area (Å²) in [5.74, 6) is 0.125. The lowest BCUT2D eigenvalue weighted by Gasteiger charge is -2.08. The largest absolute Gasteiger partial charge is 0.434 e. The second kappa shape index (κ2) is 4.76. The van der Waals surface area contributed by atoms with Crippen molar-refractivity contribution in [2.24, 2.45) is 0 Å². The van der Waals surface area contributed by atoms with Crippen LogP contribution in [0.15, 0.2) is 12.4 Å².